The SMILES string of the molecule is CC(C(=O)NCCc1c[nH]c2ccccc12)N1CCc2cncnc2C1. The molecule has 134 valence electrons. The zero-order valence-corrected chi connectivity index (χ0v) is 14.9. The minimum absolute atomic E-state index is 0.0716. The highest BCUT2D eigenvalue weighted by atomic mass is 16.2. The van der Waals surface area contributed by atoms with E-state index < -0.39 is 0 Å². The van der Waals surface area contributed by atoms with E-state index in [9.17, 15) is 4.79 Å². The maximum atomic E-state index is 12.6. The van der Waals surface area contributed by atoms with Gasteiger partial charge in [0, 0.05) is 42.9 Å². The fourth-order valence-corrected chi connectivity index (χ4v) is 3.57. The Kier molecular flexibility index (Phi) is 4.67. The predicted molar refractivity (Wildman–Crippen MR) is 101 cm³/mol. The van der Waals surface area contributed by atoms with E-state index in [4.69, 9.17) is 0 Å². The monoisotopic (exact) mass is 349 g/mol. The summed E-state index contributed by atoms with van der Waals surface area (Å²) in [6.07, 6.45) is 7.20. The van der Waals surface area contributed by atoms with Gasteiger partial charge in [0.05, 0.1) is 11.7 Å². The molecule has 2 N–H and O–H groups in total. The van der Waals surface area contributed by atoms with E-state index in [2.05, 4.69) is 37.3 Å². The van der Waals surface area contributed by atoms with Crippen LogP contribution in [0, 0.1) is 0 Å². The predicted octanol–water partition coefficient (Wildman–Crippen LogP) is 2.06. The first-order valence-electron chi connectivity index (χ1n) is 9.07. The summed E-state index contributed by atoms with van der Waals surface area (Å²) in [4.78, 5) is 26.4. The highest BCUT2D eigenvalue weighted by molar-refractivity contribution is 5.83. The van der Waals surface area contributed by atoms with Crippen molar-refractivity contribution in [2.24, 2.45) is 0 Å². The molecule has 0 saturated heterocycles. The summed E-state index contributed by atoms with van der Waals surface area (Å²) in [5, 5.41) is 4.30. The van der Waals surface area contributed by atoms with Gasteiger partial charge in [-0.1, -0.05) is 18.2 Å². The van der Waals surface area contributed by atoms with Gasteiger partial charge in [0.15, 0.2) is 0 Å². The average Bonchev–Trinajstić information content (AvgIpc) is 3.10. The molecular weight excluding hydrogens is 326 g/mol. The molecule has 1 aliphatic heterocycles. The summed E-state index contributed by atoms with van der Waals surface area (Å²) in [7, 11) is 0. The number of amides is 1. The number of aromatic amines is 1. The van der Waals surface area contributed by atoms with Crippen LogP contribution in [0.4, 0.5) is 0 Å². The number of fused-ring (bicyclic) bond motifs is 2. The van der Waals surface area contributed by atoms with Gasteiger partial charge in [-0.2, -0.15) is 0 Å². The molecule has 0 radical (unpaired) electrons. The second kappa shape index (κ2) is 7.25. The van der Waals surface area contributed by atoms with Crippen molar-refractivity contribution in [2.75, 3.05) is 13.1 Å². The number of nitrogens with one attached hydrogen (secondary N) is 2. The molecule has 6 nitrogen and oxygen atoms in total. The van der Waals surface area contributed by atoms with E-state index in [0.717, 1.165) is 30.6 Å². The fraction of sp³-hybridized carbons (Fsp3) is 0.350. The average molecular weight is 349 g/mol. The zero-order valence-electron chi connectivity index (χ0n) is 14.9. The van der Waals surface area contributed by atoms with E-state index in [0.29, 0.717) is 13.1 Å². The van der Waals surface area contributed by atoms with Crippen molar-refractivity contribution in [3.63, 3.8) is 0 Å². The molecule has 0 aliphatic carbocycles. The molecule has 1 unspecified atom stereocenters. The minimum Gasteiger partial charge on any atom is -0.361 e. The van der Waals surface area contributed by atoms with Crippen molar-refractivity contribution in [3.8, 4) is 0 Å². The van der Waals surface area contributed by atoms with Crippen molar-refractivity contribution >= 4 is 16.8 Å². The summed E-state index contributed by atoms with van der Waals surface area (Å²) in [5.74, 6) is 0.0716. The summed E-state index contributed by atoms with van der Waals surface area (Å²) < 4.78 is 0. The third-order valence-corrected chi connectivity index (χ3v) is 5.20. The number of rotatable bonds is 5. The first kappa shape index (κ1) is 16.7. The lowest BCUT2D eigenvalue weighted by Gasteiger charge is -2.31. The third-order valence-electron chi connectivity index (χ3n) is 5.20. The standard InChI is InChI=1S/C20H23N5O/c1-14(25-9-7-16-10-21-13-24-19(16)12-25)20(26)22-8-6-15-11-23-18-5-3-2-4-17(15)18/h2-5,10-11,13-14,23H,6-9,12H2,1H3,(H,22,26). The summed E-state index contributed by atoms with van der Waals surface area (Å²) >= 11 is 0. The van der Waals surface area contributed by atoms with Gasteiger partial charge in [0.1, 0.15) is 6.33 Å². The van der Waals surface area contributed by atoms with E-state index in [1.807, 2.05) is 31.5 Å². The van der Waals surface area contributed by atoms with Gasteiger partial charge >= 0.3 is 0 Å². The smallest absolute Gasteiger partial charge is 0.237 e. The molecule has 3 aromatic rings. The molecule has 6 heteroatoms. The Labute approximate surface area is 152 Å². The van der Waals surface area contributed by atoms with E-state index >= 15 is 0 Å². The Morgan fingerprint density at radius 3 is 3.19 bits per heavy atom. The van der Waals surface area contributed by atoms with E-state index in [1.165, 1.54) is 16.5 Å². The van der Waals surface area contributed by atoms with Crippen molar-refractivity contribution in [2.45, 2.75) is 32.4 Å². The van der Waals surface area contributed by atoms with E-state index in [-0.39, 0.29) is 11.9 Å². The molecule has 0 spiro atoms. The van der Waals surface area contributed by atoms with Crippen LogP contribution in [-0.2, 0) is 24.2 Å². The van der Waals surface area contributed by atoms with Crippen LogP contribution in [0.1, 0.15) is 23.7 Å². The molecule has 0 saturated carbocycles. The van der Waals surface area contributed by atoms with Gasteiger partial charge in [0.2, 0.25) is 5.91 Å². The molecular formula is C20H23N5O. The van der Waals surface area contributed by atoms with Crippen molar-refractivity contribution in [1.29, 1.82) is 0 Å². The zero-order chi connectivity index (χ0) is 17.9. The fourth-order valence-electron chi connectivity index (χ4n) is 3.57. The van der Waals surface area contributed by atoms with Gasteiger partial charge in [-0.25, -0.2) is 9.97 Å². The topological polar surface area (TPSA) is 73.9 Å². The number of benzene rings is 1. The van der Waals surface area contributed by atoms with Crippen LogP contribution in [0.5, 0.6) is 0 Å². The van der Waals surface area contributed by atoms with Crippen LogP contribution in [0.3, 0.4) is 0 Å². The lowest BCUT2D eigenvalue weighted by molar-refractivity contribution is -0.126. The number of carbonyl (C=O) groups is 1. The normalized spacial score (nSPS) is 15.6. The van der Waals surface area contributed by atoms with Gasteiger partial charge < -0.3 is 10.3 Å². The highest BCUT2D eigenvalue weighted by Gasteiger charge is 2.25. The summed E-state index contributed by atoms with van der Waals surface area (Å²) in [6.45, 7) is 4.16. The number of H-pyrrole nitrogens is 1. The Balaban J connectivity index is 1.32. The maximum absolute atomic E-state index is 12.6. The van der Waals surface area contributed by atoms with Crippen molar-refractivity contribution < 1.29 is 4.79 Å². The summed E-state index contributed by atoms with van der Waals surface area (Å²) in [5.41, 5.74) is 4.59. The number of hydrogen-bond acceptors (Lipinski definition) is 4. The number of para-hydroxylation sites is 1. The Hall–Kier alpha value is -2.73. The van der Waals surface area contributed by atoms with E-state index in [1.54, 1.807) is 6.33 Å². The van der Waals surface area contributed by atoms with Crippen LogP contribution in [0.25, 0.3) is 10.9 Å². The molecule has 1 aliphatic rings. The van der Waals surface area contributed by atoms with Crippen molar-refractivity contribution in [3.05, 3.63) is 59.8 Å². The second-order valence-electron chi connectivity index (χ2n) is 6.79. The van der Waals surface area contributed by atoms with Gasteiger partial charge in [-0.3, -0.25) is 9.69 Å². The molecule has 0 bridgehead atoms. The molecule has 2 aromatic heterocycles. The lowest BCUT2D eigenvalue weighted by atomic mass is 10.1. The van der Waals surface area contributed by atoms with Gasteiger partial charge in [-0.15, -0.1) is 0 Å². The molecule has 3 heterocycles. The number of aromatic nitrogens is 3. The second-order valence-corrected chi connectivity index (χ2v) is 6.79. The molecule has 1 aromatic carbocycles. The van der Waals surface area contributed by atoms with Crippen LogP contribution < -0.4 is 5.32 Å². The summed E-state index contributed by atoms with van der Waals surface area (Å²) in [6, 6.07) is 8.07. The molecule has 0 fully saturated rings. The Morgan fingerprint density at radius 2 is 2.27 bits per heavy atom. The van der Waals surface area contributed by atoms with Crippen LogP contribution in [-0.4, -0.2) is 44.9 Å². The van der Waals surface area contributed by atoms with Crippen molar-refractivity contribution in [1.82, 2.24) is 25.2 Å². The van der Waals surface area contributed by atoms with Crippen LogP contribution >= 0.6 is 0 Å². The maximum Gasteiger partial charge on any atom is 0.237 e. The van der Waals surface area contributed by atoms with Crippen LogP contribution in [0.15, 0.2) is 43.0 Å². The Morgan fingerprint density at radius 1 is 1.38 bits per heavy atom. The van der Waals surface area contributed by atoms with Gasteiger partial charge in [0.25, 0.3) is 0 Å². The molecule has 26 heavy (non-hydrogen) atoms. The first-order valence-corrected chi connectivity index (χ1v) is 9.07. The molecule has 4 rings (SSSR count). The lowest BCUT2D eigenvalue weighted by Crippen LogP contribution is -2.47. The first-order chi connectivity index (χ1) is 12.7. The number of hydrogen-bond donors (Lipinski definition) is 2. The highest BCUT2D eigenvalue weighted by Crippen LogP contribution is 2.19. The Bertz CT molecular complexity index is 919. The molecule has 1 atom stereocenters. The largest absolute Gasteiger partial charge is 0.361 e. The third kappa shape index (κ3) is 3.32. The quantitative estimate of drug-likeness (QED) is 0.739. The van der Waals surface area contributed by atoms with Gasteiger partial charge in [-0.05, 0) is 37.0 Å². The number of carbonyl (C=O) groups excluding carboxylic acids is 1. The minimum atomic E-state index is -0.166. The number of nitrogens with zero attached hydrogens (tertiary/aromatic N) is 3. The van der Waals surface area contributed by atoms with Crippen LogP contribution in [0.2, 0.25) is 0 Å². The molecule has 1 amide bonds.